The van der Waals surface area contributed by atoms with Gasteiger partial charge >= 0.3 is 18.4 Å². The molecule has 1 heterocycles. The number of hydrogen-bond acceptors (Lipinski definition) is 3. The van der Waals surface area contributed by atoms with E-state index >= 15 is 0 Å². The number of amides is 3. The highest BCUT2D eigenvalue weighted by atomic mass is 19.4. The molecule has 1 fully saturated rings. The number of alkyl halides is 6. The Morgan fingerprint density at radius 3 is 2.17 bits per heavy atom. The fourth-order valence-corrected chi connectivity index (χ4v) is 3.96. The van der Waals surface area contributed by atoms with Crippen LogP contribution >= 0.6 is 0 Å². The van der Waals surface area contributed by atoms with Crippen LogP contribution in [0.15, 0.2) is 48.5 Å². The molecular weight excluding hydrogens is 480 g/mol. The second-order valence-electron chi connectivity index (χ2n) is 8.33. The zero-order valence-corrected chi connectivity index (χ0v) is 18.5. The van der Waals surface area contributed by atoms with Crippen LogP contribution in [0.1, 0.15) is 48.1 Å². The fraction of sp³-hybridized carbons (Fsp3) is 0.391. The molecule has 190 valence electrons. The number of piperidine rings is 1. The quantitative estimate of drug-likeness (QED) is 0.502. The molecule has 35 heavy (non-hydrogen) atoms. The van der Waals surface area contributed by atoms with Gasteiger partial charge in [0.2, 0.25) is 5.91 Å². The lowest BCUT2D eigenvalue weighted by Gasteiger charge is -2.41. The summed E-state index contributed by atoms with van der Waals surface area (Å²) in [4.78, 5) is 23.8. The topological polar surface area (TPSA) is 93.4 Å². The number of urea groups is 1. The summed E-state index contributed by atoms with van der Waals surface area (Å²) in [5.41, 5.74) is 1.39. The number of carbonyl (C=O) groups excluding carboxylic acids is 2. The normalized spacial score (nSPS) is 21.8. The minimum Gasteiger partial charge on any atom is -0.371 e. The molecule has 0 bridgehead atoms. The van der Waals surface area contributed by atoms with E-state index < -0.39 is 53.1 Å². The Balaban J connectivity index is 1.89. The van der Waals surface area contributed by atoms with Crippen LogP contribution in [0.3, 0.4) is 0 Å². The van der Waals surface area contributed by atoms with E-state index in [1.165, 1.54) is 6.92 Å². The molecule has 12 heteroatoms. The van der Waals surface area contributed by atoms with Gasteiger partial charge in [-0.3, -0.25) is 4.79 Å². The first-order valence-corrected chi connectivity index (χ1v) is 10.6. The Hall–Kier alpha value is -3.28. The summed E-state index contributed by atoms with van der Waals surface area (Å²) in [5.74, 6) is -0.548. The van der Waals surface area contributed by atoms with Gasteiger partial charge in [0, 0.05) is 0 Å². The molecule has 0 aliphatic carbocycles. The van der Waals surface area contributed by atoms with Crippen LogP contribution in [0.4, 0.5) is 31.1 Å². The summed E-state index contributed by atoms with van der Waals surface area (Å²) in [6.07, 6.45) is -10.7. The highest BCUT2D eigenvalue weighted by molar-refractivity contribution is 5.87. The van der Waals surface area contributed by atoms with Crippen LogP contribution in [0.5, 0.6) is 0 Å². The second kappa shape index (κ2) is 9.76. The number of hydrogen-bond donors (Lipinski definition) is 3. The number of halogens is 6. The van der Waals surface area contributed by atoms with Crippen LogP contribution in [0.25, 0.3) is 0 Å². The number of rotatable bonds is 6. The molecule has 0 radical (unpaired) electrons. The van der Waals surface area contributed by atoms with Crippen LogP contribution in [0, 0.1) is 0 Å². The van der Waals surface area contributed by atoms with Crippen molar-refractivity contribution in [2.75, 3.05) is 6.61 Å². The summed E-state index contributed by atoms with van der Waals surface area (Å²) in [7, 11) is 0. The molecule has 1 aliphatic heterocycles. The maximum absolute atomic E-state index is 13.2. The highest BCUT2D eigenvalue weighted by Crippen LogP contribution is 2.39. The predicted octanol–water partition coefficient (Wildman–Crippen LogP) is 4.64. The lowest BCUT2D eigenvalue weighted by molar-refractivity contribution is -0.143. The standard InChI is InChI=1S/C23H23F6N3O3/c1-13(14-9-16(22(24,25)26)11-17(10-14)23(27,28)29)35-12-21(15-5-3-2-4-6-15)8-7-18(19(33)32-21)31-20(30)34/h2-6,9-11,13,18H,7-8,12H2,1H3,(H,32,33)(H3,30,31,34)/t13-,18?,21-/m1/s1. The van der Waals surface area contributed by atoms with E-state index in [1.54, 1.807) is 30.3 Å². The van der Waals surface area contributed by atoms with E-state index in [2.05, 4.69) is 10.6 Å². The summed E-state index contributed by atoms with van der Waals surface area (Å²) < 4.78 is 85.2. The van der Waals surface area contributed by atoms with E-state index in [1.807, 2.05) is 0 Å². The molecule has 0 saturated carbocycles. The van der Waals surface area contributed by atoms with Gasteiger partial charge in [0.15, 0.2) is 0 Å². The Kier molecular flexibility index (Phi) is 7.34. The average molecular weight is 503 g/mol. The number of benzene rings is 2. The molecule has 6 nitrogen and oxygen atoms in total. The van der Waals surface area contributed by atoms with Crippen molar-refractivity contribution in [1.29, 1.82) is 0 Å². The van der Waals surface area contributed by atoms with Gasteiger partial charge in [-0.15, -0.1) is 0 Å². The Morgan fingerprint density at radius 2 is 1.69 bits per heavy atom. The summed E-state index contributed by atoms with van der Waals surface area (Å²) in [6, 6.07) is 8.09. The van der Waals surface area contributed by atoms with Crippen molar-refractivity contribution in [3.8, 4) is 0 Å². The minimum atomic E-state index is -4.99. The molecule has 1 unspecified atom stereocenters. The number of ether oxygens (including phenoxy) is 1. The first-order valence-electron chi connectivity index (χ1n) is 10.6. The van der Waals surface area contributed by atoms with Crippen LogP contribution in [-0.4, -0.2) is 24.6 Å². The Morgan fingerprint density at radius 1 is 1.11 bits per heavy atom. The van der Waals surface area contributed by atoms with Crippen LogP contribution < -0.4 is 16.4 Å². The van der Waals surface area contributed by atoms with Crippen LogP contribution in [0.2, 0.25) is 0 Å². The number of nitrogens with one attached hydrogen (secondary N) is 2. The van der Waals surface area contributed by atoms with Gasteiger partial charge in [0.05, 0.1) is 29.4 Å². The van der Waals surface area contributed by atoms with E-state index in [4.69, 9.17) is 10.5 Å². The molecule has 0 aromatic heterocycles. The minimum absolute atomic E-state index is 0.0505. The first-order chi connectivity index (χ1) is 16.2. The summed E-state index contributed by atoms with van der Waals surface area (Å²) in [6.45, 7) is 1.08. The molecule has 1 aliphatic rings. The lowest BCUT2D eigenvalue weighted by Crippen LogP contribution is -2.61. The van der Waals surface area contributed by atoms with Gasteiger partial charge in [-0.05, 0) is 49.1 Å². The van der Waals surface area contributed by atoms with E-state index in [9.17, 15) is 35.9 Å². The average Bonchev–Trinajstić information content (AvgIpc) is 2.78. The first kappa shape index (κ1) is 26.3. The van der Waals surface area contributed by atoms with Crippen molar-refractivity contribution >= 4 is 11.9 Å². The third kappa shape index (κ3) is 6.24. The van der Waals surface area contributed by atoms with Gasteiger partial charge in [-0.2, -0.15) is 26.3 Å². The van der Waals surface area contributed by atoms with Crippen molar-refractivity contribution in [1.82, 2.24) is 10.6 Å². The molecule has 4 N–H and O–H groups in total. The SMILES string of the molecule is C[C@@H](OC[C@@]1(c2ccccc2)CCC(NC(N)=O)C(=O)N1)c1cc(C(F)(F)F)cc(C(F)(F)F)c1. The Bertz CT molecular complexity index is 1040. The van der Waals surface area contributed by atoms with Gasteiger partial charge in [0.25, 0.3) is 0 Å². The van der Waals surface area contributed by atoms with Gasteiger partial charge in [-0.25, -0.2) is 4.79 Å². The van der Waals surface area contributed by atoms with Crippen molar-refractivity contribution in [2.45, 2.75) is 49.8 Å². The maximum atomic E-state index is 13.2. The summed E-state index contributed by atoms with van der Waals surface area (Å²) >= 11 is 0. The largest absolute Gasteiger partial charge is 0.416 e. The van der Waals surface area contributed by atoms with Crippen molar-refractivity contribution in [3.05, 3.63) is 70.8 Å². The van der Waals surface area contributed by atoms with Gasteiger partial charge < -0.3 is 21.1 Å². The Labute approximate surface area is 196 Å². The maximum Gasteiger partial charge on any atom is 0.416 e. The monoisotopic (exact) mass is 503 g/mol. The van der Waals surface area contributed by atoms with Crippen molar-refractivity contribution < 1.29 is 40.7 Å². The number of carbonyl (C=O) groups is 2. The van der Waals surface area contributed by atoms with Gasteiger partial charge in [-0.1, -0.05) is 30.3 Å². The lowest BCUT2D eigenvalue weighted by atomic mass is 9.81. The fourth-order valence-electron chi connectivity index (χ4n) is 3.96. The second-order valence-corrected chi connectivity index (χ2v) is 8.33. The third-order valence-corrected chi connectivity index (χ3v) is 5.84. The van der Waals surface area contributed by atoms with E-state index in [-0.39, 0.29) is 31.1 Å². The molecule has 2 aromatic rings. The van der Waals surface area contributed by atoms with E-state index in [0.717, 1.165) is 0 Å². The van der Waals surface area contributed by atoms with E-state index in [0.29, 0.717) is 17.7 Å². The smallest absolute Gasteiger partial charge is 0.371 e. The molecule has 3 atom stereocenters. The number of primary amides is 1. The van der Waals surface area contributed by atoms with Crippen molar-refractivity contribution in [2.24, 2.45) is 5.73 Å². The molecule has 3 rings (SSSR count). The molecule has 2 aromatic carbocycles. The summed E-state index contributed by atoms with van der Waals surface area (Å²) in [5, 5.41) is 5.11. The molecule has 3 amide bonds. The highest BCUT2D eigenvalue weighted by Gasteiger charge is 2.42. The van der Waals surface area contributed by atoms with Gasteiger partial charge in [0.1, 0.15) is 6.04 Å². The zero-order valence-electron chi connectivity index (χ0n) is 18.5. The third-order valence-electron chi connectivity index (χ3n) is 5.84. The predicted molar refractivity (Wildman–Crippen MR) is 113 cm³/mol. The molecule has 0 spiro atoms. The molecular formula is C23H23F6N3O3. The van der Waals surface area contributed by atoms with Crippen molar-refractivity contribution in [3.63, 3.8) is 0 Å². The van der Waals surface area contributed by atoms with Crippen LogP contribution in [-0.2, 0) is 27.4 Å². The molecule has 1 saturated heterocycles. The zero-order chi connectivity index (χ0) is 26.0. The number of nitrogens with two attached hydrogens (primary N) is 1.